The molecule has 0 amide bonds. The number of pyridine rings is 1. The van der Waals surface area contributed by atoms with Crippen LogP contribution in [0.2, 0.25) is 0 Å². The Morgan fingerprint density at radius 1 is 1.00 bits per heavy atom. The minimum Gasteiger partial charge on any atom is -0.493 e. The van der Waals surface area contributed by atoms with E-state index in [0.717, 1.165) is 35.2 Å². The van der Waals surface area contributed by atoms with E-state index < -0.39 is 10.1 Å². The number of benzene rings is 1. The zero-order valence-electron chi connectivity index (χ0n) is 21.2. The van der Waals surface area contributed by atoms with E-state index in [0.29, 0.717) is 36.2 Å². The highest BCUT2D eigenvalue weighted by atomic mass is 32.2. The fraction of sp³-hybridized carbons (Fsp3) is 0.520. The highest BCUT2D eigenvalue weighted by molar-refractivity contribution is 7.85. The molecule has 10 nitrogen and oxygen atoms in total. The Morgan fingerprint density at radius 3 is 2.28 bits per heavy atom. The molecule has 0 radical (unpaired) electrons. The van der Waals surface area contributed by atoms with Gasteiger partial charge in [-0.1, -0.05) is 0 Å². The second-order valence-electron chi connectivity index (χ2n) is 8.45. The molecule has 2 aliphatic rings. The second kappa shape index (κ2) is 11.9. The summed E-state index contributed by atoms with van der Waals surface area (Å²) in [5, 5.41) is 10.3. The molecule has 1 fully saturated rings. The average Bonchev–Trinajstić information content (AvgIpc) is 2.87. The first-order chi connectivity index (χ1) is 17.1. The van der Waals surface area contributed by atoms with Crippen molar-refractivity contribution >= 4 is 15.8 Å². The summed E-state index contributed by atoms with van der Waals surface area (Å²) in [7, 11) is 1.13. The van der Waals surface area contributed by atoms with E-state index >= 15 is 0 Å². The Balaban J connectivity index is 0.000000538. The van der Waals surface area contributed by atoms with Gasteiger partial charge >= 0.3 is 0 Å². The van der Waals surface area contributed by atoms with Crippen LogP contribution in [0.3, 0.4) is 0 Å². The lowest BCUT2D eigenvalue weighted by molar-refractivity contribution is 0.111. The van der Waals surface area contributed by atoms with Gasteiger partial charge < -0.3 is 24.1 Å². The number of aliphatic imine (C=N–C) groups is 1. The monoisotopic (exact) mass is 522 g/mol. The van der Waals surface area contributed by atoms with Crippen LogP contribution in [-0.2, 0) is 10.1 Å². The van der Waals surface area contributed by atoms with Crippen molar-refractivity contribution in [2.24, 2.45) is 4.99 Å². The lowest BCUT2D eigenvalue weighted by Gasteiger charge is -2.37. The molecule has 1 saturated carbocycles. The summed E-state index contributed by atoms with van der Waals surface area (Å²) in [6.07, 6.45) is 3.73. The van der Waals surface area contributed by atoms with Crippen LogP contribution in [0.4, 0.5) is 0 Å². The van der Waals surface area contributed by atoms with Gasteiger partial charge in [-0.2, -0.15) is 8.42 Å². The van der Waals surface area contributed by atoms with E-state index in [4.69, 9.17) is 28.5 Å². The number of aromatic nitrogens is 1. The molecule has 0 saturated heterocycles. The molecule has 1 aliphatic carbocycles. The van der Waals surface area contributed by atoms with Crippen molar-refractivity contribution in [1.29, 1.82) is 0 Å². The van der Waals surface area contributed by atoms with Gasteiger partial charge in [0.2, 0.25) is 0 Å². The highest BCUT2D eigenvalue weighted by Gasteiger charge is 2.37. The predicted octanol–water partition coefficient (Wildman–Crippen LogP) is 3.25. The van der Waals surface area contributed by atoms with Crippen molar-refractivity contribution in [1.82, 2.24) is 4.98 Å². The molecule has 1 aromatic carbocycles. The van der Waals surface area contributed by atoms with Gasteiger partial charge in [0, 0.05) is 23.2 Å². The van der Waals surface area contributed by atoms with Crippen molar-refractivity contribution in [3.63, 3.8) is 0 Å². The number of hydrogen-bond acceptors (Lipinski definition) is 9. The van der Waals surface area contributed by atoms with Crippen molar-refractivity contribution in [2.75, 3.05) is 33.7 Å². The van der Waals surface area contributed by atoms with Crippen LogP contribution in [0, 0.1) is 0 Å². The molecular weight excluding hydrogens is 488 g/mol. The molecule has 11 heteroatoms. The molecule has 0 spiro atoms. The van der Waals surface area contributed by atoms with E-state index in [1.807, 2.05) is 19.1 Å². The zero-order chi connectivity index (χ0) is 26.5. The van der Waals surface area contributed by atoms with Gasteiger partial charge in [0.05, 0.1) is 51.5 Å². The maximum Gasteiger partial charge on any atom is 0.264 e. The van der Waals surface area contributed by atoms with Crippen molar-refractivity contribution < 1.29 is 37.0 Å². The second-order valence-corrected chi connectivity index (χ2v) is 10.2. The Bertz CT molecular complexity index is 1200. The Labute approximate surface area is 212 Å². The maximum absolute atomic E-state index is 10.3. The largest absolute Gasteiger partial charge is 0.493 e. The molecule has 2 aromatic rings. The molecule has 1 aromatic heterocycles. The number of aliphatic hydroxyl groups excluding tert-OH is 1. The minimum atomic E-state index is -3.66. The Morgan fingerprint density at radius 2 is 1.69 bits per heavy atom. The summed E-state index contributed by atoms with van der Waals surface area (Å²) in [4.78, 5) is 9.50. The van der Waals surface area contributed by atoms with Gasteiger partial charge in [-0.05, 0) is 56.9 Å². The van der Waals surface area contributed by atoms with E-state index in [1.165, 1.54) is 6.92 Å². The van der Waals surface area contributed by atoms with Gasteiger partial charge in [0.1, 0.15) is 0 Å². The number of methoxy groups -OCH3 is 3. The molecule has 36 heavy (non-hydrogen) atoms. The van der Waals surface area contributed by atoms with Crippen LogP contribution in [0.1, 0.15) is 55.7 Å². The number of aliphatic hydroxyl groups is 1. The van der Waals surface area contributed by atoms with Crippen LogP contribution < -0.4 is 18.9 Å². The van der Waals surface area contributed by atoms with Crippen molar-refractivity contribution in [3.8, 4) is 23.1 Å². The third kappa shape index (κ3) is 6.26. The van der Waals surface area contributed by atoms with Gasteiger partial charge in [0.25, 0.3) is 16.0 Å². The van der Waals surface area contributed by atoms with Crippen LogP contribution >= 0.6 is 0 Å². The van der Waals surface area contributed by atoms with Gasteiger partial charge in [-0.3, -0.25) is 9.55 Å². The fourth-order valence-electron chi connectivity index (χ4n) is 4.46. The van der Waals surface area contributed by atoms with E-state index in [1.54, 1.807) is 27.5 Å². The molecule has 2 heterocycles. The minimum absolute atomic E-state index is 0.104. The summed E-state index contributed by atoms with van der Waals surface area (Å²) in [6, 6.07) is 6.03. The summed E-state index contributed by atoms with van der Waals surface area (Å²) in [5.74, 6) is 2.30. The first kappa shape index (κ1) is 27.7. The first-order valence-electron chi connectivity index (χ1n) is 11.8. The number of nitrogens with zero attached hydrogens (tertiary/aromatic N) is 2. The molecule has 4 rings (SSSR count). The van der Waals surface area contributed by atoms with Gasteiger partial charge in [-0.25, -0.2) is 4.98 Å². The number of hydrogen-bond donors (Lipinski definition) is 2. The normalized spacial score (nSPS) is 20.6. The summed E-state index contributed by atoms with van der Waals surface area (Å²) < 4.78 is 49.1. The lowest BCUT2D eigenvalue weighted by atomic mass is 9.74. The molecular formula is C25H34N2O8S. The molecule has 0 unspecified atom stereocenters. The van der Waals surface area contributed by atoms with Crippen LogP contribution in [0.5, 0.6) is 23.1 Å². The SMILES string of the molecule is CCOc1cc2c(cc1OC)C(c1cnc(OC)c(OC)c1)=N[C@@H]1CC[C@@H](O)C[C@H]21.CCS(=O)(=O)O. The molecule has 0 bridgehead atoms. The first-order valence-corrected chi connectivity index (χ1v) is 13.4. The number of fused-ring (bicyclic) bond motifs is 3. The van der Waals surface area contributed by atoms with Gasteiger partial charge in [-0.15, -0.1) is 0 Å². The van der Waals surface area contributed by atoms with E-state index in [-0.39, 0.29) is 23.8 Å². The average molecular weight is 523 g/mol. The Hall–Kier alpha value is -2.89. The van der Waals surface area contributed by atoms with Gasteiger partial charge in [0.15, 0.2) is 17.2 Å². The summed E-state index contributed by atoms with van der Waals surface area (Å²) >= 11 is 0. The molecule has 2 N–H and O–H groups in total. The molecule has 3 atom stereocenters. The van der Waals surface area contributed by atoms with Crippen LogP contribution in [0.15, 0.2) is 29.4 Å². The van der Waals surface area contributed by atoms with E-state index in [9.17, 15) is 13.5 Å². The number of rotatable bonds is 7. The fourth-order valence-corrected chi connectivity index (χ4v) is 4.46. The lowest BCUT2D eigenvalue weighted by Crippen LogP contribution is -2.34. The van der Waals surface area contributed by atoms with Crippen LogP contribution in [0.25, 0.3) is 0 Å². The van der Waals surface area contributed by atoms with Crippen molar-refractivity contribution in [2.45, 2.75) is 51.2 Å². The van der Waals surface area contributed by atoms with Crippen LogP contribution in [-0.4, -0.2) is 74.6 Å². The molecule has 198 valence electrons. The summed E-state index contributed by atoms with van der Waals surface area (Å²) in [6.45, 7) is 3.87. The van der Waals surface area contributed by atoms with Crippen molar-refractivity contribution in [3.05, 3.63) is 41.1 Å². The third-order valence-corrected chi connectivity index (χ3v) is 6.97. The maximum atomic E-state index is 10.3. The predicted molar refractivity (Wildman–Crippen MR) is 136 cm³/mol. The zero-order valence-corrected chi connectivity index (χ0v) is 22.0. The quantitative estimate of drug-likeness (QED) is 0.525. The summed E-state index contributed by atoms with van der Waals surface area (Å²) in [5.41, 5.74) is 3.80. The standard InChI is InChI=1S/C23H28N2O5.C2H6O3S/c1-5-30-20-10-15-16-9-14(26)6-7-18(16)25-22(17(15)11-19(20)27-2)13-8-21(28-3)23(29-4)24-12-13;1-2-6(3,4)5/h8,10-12,14,16,18,26H,5-7,9H2,1-4H3;2H2,1H3,(H,3,4,5)/t14-,16-,18-;/m1./s1. The number of ether oxygens (including phenoxy) is 4. The third-order valence-electron chi connectivity index (χ3n) is 6.24. The highest BCUT2D eigenvalue weighted by Crippen LogP contribution is 2.45. The molecule has 1 aliphatic heterocycles. The smallest absolute Gasteiger partial charge is 0.264 e. The topological polar surface area (TPSA) is 137 Å². The Kier molecular flexibility index (Phi) is 9.15. The van der Waals surface area contributed by atoms with E-state index in [2.05, 4.69) is 11.1 Å².